The van der Waals surface area contributed by atoms with Crippen LogP contribution in [0.3, 0.4) is 0 Å². The lowest BCUT2D eigenvalue weighted by atomic mass is 9.85. The first kappa shape index (κ1) is 11.0. The molecular formula is C11H24N2. The summed E-state index contributed by atoms with van der Waals surface area (Å²) in [7, 11) is 0. The molecule has 0 aromatic rings. The second-order valence-corrected chi connectivity index (χ2v) is 4.76. The van der Waals surface area contributed by atoms with Crippen LogP contribution in [0.4, 0.5) is 0 Å². The second-order valence-electron chi connectivity index (χ2n) is 4.76. The maximum absolute atomic E-state index is 5.90. The van der Waals surface area contributed by atoms with Gasteiger partial charge in [-0.3, -0.25) is 4.90 Å². The van der Waals surface area contributed by atoms with Crippen molar-refractivity contribution >= 4 is 0 Å². The summed E-state index contributed by atoms with van der Waals surface area (Å²) in [6.07, 6.45) is 4.10. The zero-order valence-corrected chi connectivity index (χ0v) is 9.34. The molecule has 0 aromatic heterocycles. The fourth-order valence-corrected chi connectivity index (χ4v) is 2.13. The van der Waals surface area contributed by atoms with E-state index in [4.69, 9.17) is 5.73 Å². The quantitative estimate of drug-likeness (QED) is 0.725. The predicted octanol–water partition coefficient (Wildman–Crippen LogP) is 1.85. The number of piperidine rings is 1. The van der Waals surface area contributed by atoms with Gasteiger partial charge in [0.2, 0.25) is 0 Å². The third kappa shape index (κ3) is 2.23. The molecule has 1 unspecified atom stereocenters. The van der Waals surface area contributed by atoms with Gasteiger partial charge < -0.3 is 5.73 Å². The molecule has 2 N–H and O–H groups in total. The van der Waals surface area contributed by atoms with Gasteiger partial charge in [0.15, 0.2) is 0 Å². The number of likely N-dealkylation sites (tertiary alicyclic amines) is 1. The van der Waals surface area contributed by atoms with E-state index in [1.807, 2.05) is 0 Å². The standard InChI is InChI=1S/C11H24N2/c1-10(2)11(3,9-12)13-7-5-4-6-8-13/h10H,4-9,12H2,1-3H3. The SMILES string of the molecule is CC(C)C(C)(CN)N1CCCCC1. The van der Waals surface area contributed by atoms with E-state index in [2.05, 4.69) is 25.7 Å². The topological polar surface area (TPSA) is 29.3 Å². The Morgan fingerprint density at radius 2 is 1.77 bits per heavy atom. The monoisotopic (exact) mass is 184 g/mol. The molecule has 1 aliphatic heterocycles. The maximum Gasteiger partial charge on any atom is 0.0326 e. The van der Waals surface area contributed by atoms with Crippen molar-refractivity contribution in [3.63, 3.8) is 0 Å². The van der Waals surface area contributed by atoms with Crippen molar-refractivity contribution in [1.82, 2.24) is 4.90 Å². The van der Waals surface area contributed by atoms with Gasteiger partial charge in [0.1, 0.15) is 0 Å². The highest BCUT2D eigenvalue weighted by molar-refractivity contribution is 4.91. The number of nitrogens with two attached hydrogens (primary N) is 1. The first-order valence-electron chi connectivity index (χ1n) is 5.56. The van der Waals surface area contributed by atoms with Crippen molar-refractivity contribution in [3.8, 4) is 0 Å². The van der Waals surface area contributed by atoms with E-state index in [-0.39, 0.29) is 5.54 Å². The Morgan fingerprint density at radius 1 is 1.23 bits per heavy atom. The molecular weight excluding hydrogens is 160 g/mol. The summed E-state index contributed by atoms with van der Waals surface area (Å²) in [5.74, 6) is 0.649. The van der Waals surface area contributed by atoms with Gasteiger partial charge in [-0.05, 0) is 38.8 Å². The molecule has 2 heteroatoms. The van der Waals surface area contributed by atoms with Crippen molar-refractivity contribution in [2.45, 2.75) is 45.6 Å². The summed E-state index contributed by atoms with van der Waals surface area (Å²) < 4.78 is 0. The van der Waals surface area contributed by atoms with Gasteiger partial charge in [-0.1, -0.05) is 20.3 Å². The Kier molecular flexibility index (Phi) is 3.74. The number of nitrogens with zero attached hydrogens (tertiary/aromatic N) is 1. The summed E-state index contributed by atoms with van der Waals surface area (Å²) in [5.41, 5.74) is 6.12. The number of hydrogen-bond acceptors (Lipinski definition) is 2. The van der Waals surface area contributed by atoms with Crippen LogP contribution in [0.25, 0.3) is 0 Å². The molecule has 1 aliphatic rings. The lowest BCUT2D eigenvalue weighted by Gasteiger charge is -2.45. The van der Waals surface area contributed by atoms with E-state index in [0.29, 0.717) is 5.92 Å². The molecule has 1 fully saturated rings. The average Bonchev–Trinajstić information content (AvgIpc) is 2.17. The average molecular weight is 184 g/mol. The molecule has 13 heavy (non-hydrogen) atoms. The van der Waals surface area contributed by atoms with Crippen LogP contribution in [0.2, 0.25) is 0 Å². The van der Waals surface area contributed by atoms with E-state index >= 15 is 0 Å². The molecule has 0 spiro atoms. The van der Waals surface area contributed by atoms with Gasteiger partial charge >= 0.3 is 0 Å². The Hall–Kier alpha value is -0.0800. The van der Waals surface area contributed by atoms with Gasteiger partial charge in [0, 0.05) is 12.1 Å². The fraction of sp³-hybridized carbons (Fsp3) is 1.00. The van der Waals surface area contributed by atoms with E-state index in [0.717, 1.165) is 6.54 Å². The first-order chi connectivity index (χ1) is 6.11. The third-order valence-corrected chi connectivity index (χ3v) is 3.74. The molecule has 1 saturated heterocycles. The minimum atomic E-state index is 0.223. The summed E-state index contributed by atoms with van der Waals surface area (Å²) in [5, 5.41) is 0. The Bertz CT molecular complexity index is 150. The fourth-order valence-electron chi connectivity index (χ4n) is 2.13. The highest BCUT2D eigenvalue weighted by Crippen LogP contribution is 2.26. The smallest absolute Gasteiger partial charge is 0.0326 e. The minimum absolute atomic E-state index is 0.223. The van der Waals surface area contributed by atoms with Crippen LogP contribution in [0.15, 0.2) is 0 Å². The number of hydrogen-bond donors (Lipinski definition) is 1. The van der Waals surface area contributed by atoms with Crippen molar-refractivity contribution in [3.05, 3.63) is 0 Å². The summed E-state index contributed by atoms with van der Waals surface area (Å²) in [6.45, 7) is 10.1. The van der Waals surface area contributed by atoms with Crippen LogP contribution in [-0.2, 0) is 0 Å². The molecule has 78 valence electrons. The molecule has 0 bridgehead atoms. The van der Waals surface area contributed by atoms with E-state index < -0.39 is 0 Å². The van der Waals surface area contributed by atoms with Crippen molar-refractivity contribution in [1.29, 1.82) is 0 Å². The lowest BCUT2D eigenvalue weighted by molar-refractivity contribution is 0.0493. The maximum atomic E-state index is 5.90. The van der Waals surface area contributed by atoms with E-state index in [1.165, 1.54) is 32.4 Å². The van der Waals surface area contributed by atoms with Crippen molar-refractivity contribution in [2.24, 2.45) is 11.7 Å². The Balaban J connectivity index is 2.62. The molecule has 0 saturated carbocycles. The minimum Gasteiger partial charge on any atom is -0.329 e. The van der Waals surface area contributed by atoms with Crippen LogP contribution < -0.4 is 5.73 Å². The van der Waals surface area contributed by atoms with Gasteiger partial charge in [-0.15, -0.1) is 0 Å². The van der Waals surface area contributed by atoms with Gasteiger partial charge in [-0.2, -0.15) is 0 Å². The van der Waals surface area contributed by atoms with Gasteiger partial charge in [0.05, 0.1) is 0 Å². The van der Waals surface area contributed by atoms with Crippen molar-refractivity contribution < 1.29 is 0 Å². The molecule has 0 aliphatic carbocycles. The Morgan fingerprint density at radius 3 is 2.15 bits per heavy atom. The molecule has 1 heterocycles. The van der Waals surface area contributed by atoms with Crippen LogP contribution in [0.5, 0.6) is 0 Å². The van der Waals surface area contributed by atoms with Crippen LogP contribution in [0.1, 0.15) is 40.0 Å². The van der Waals surface area contributed by atoms with E-state index in [1.54, 1.807) is 0 Å². The molecule has 1 rings (SSSR count). The van der Waals surface area contributed by atoms with Crippen LogP contribution in [0, 0.1) is 5.92 Å². The van der Waals surface area contributed by atoms with Crippen molar-refractivity contribution in [2.75, 3.05) is 19.6 Å². The molecule has 1 atom stereocenters. The summed E-state index contributed by atoms with van der Waals surface area (Å²) >= 11 is 0. The normalized spacial score (nSPS) is 24.7. The summed E-state index contributed by atoms with van der Waals surface area (Å²) in [4.78, 5) is 2.58. The first-order valence-corrected chi connectivity index (χ1v) is 5.56. The zero-order valence-electron chi connectivity index (χ0n) is 9.34. The predicted molar refractivity (Wildman–Crippen MR) is 57.7 cm³/mol. The Labute approximate surface area is 82.5 Å². The van der Waals surface area contributed by atoms with Crippen LogP contribution in [-0.4, -0.2) is 30.1 Å². The molecule has 0 radical (unpaired) electrons. The highest BCUT2D eigenvalue weighted by atomic mass is 15.2. The third-order valence-electron chi connectivity index (χ3n) is 3.74. The number of rotatable bonds is 3. The van der Waals surface area contributed by atoms with Gasteiger partial charge in [0.25, 0.3) is 0 Å². The molecule has 0 amide bonds. The second kappa shape index (κ2) is 4.43. The highest BCUT2D eigenvalue weighted by Gasteiger charge is 2.33. The largest absolute Gasteiger partial charge is 0.329 e. The molecule has 2 nitrogen and oxygen atoms in total. The summed E-state index contributed by atoms with van der Waals surface area (Å²) in [6, 6.07) is 0. The van der Waals surface area contributed by atoms with Gasteiger partial charge in [-0.25, -0.2) is 0 Å². The lowest BCUT2D eigenvalue weighted by Crippen LogP contribution is -2.56. The zero-order chi connectivity index (χ0) is 9.90. The van der Waals surface area contributed by atoms with Crippen LogP contribution >= 0.6 is 0 Å². The molecule has 0 aromatic carbocycles. The van der Waals surface area contributed by atoms with E-state index in [9.17, 15) is 0 Å².